The van der Waals surface area contributed by atoms with E-state index in [-0.39, 0.29) is 35.3 Å². The number of alkyl halides is 3. The first-order valence-corrected chi connectivity index (χ1v) is 14.7. The lowest BCUT2D eigenvalue weighted by Crippen LogP contribution is -2.49. The zero-order valence-electron chi connectivity index (χ0n) is 25.0. The van der Waals surface area contributed by atoms with Crippen LogP contribution in [0, 0.1) is 0 Å². The van der Waals surface area contributed by atoms with Gasteiger partial charge in [-0.2, -0.15) is 13.2 Å². The Morgan fingerprint density at radius 3 is 2.36 bits per heavy atom. The van der Waals surface area contributed by atoms with E-state index in [0.717, 1.165) is 37.6 Å². The van der Waals surface area contributed by atoms with Crippen molar-refractivity contribution in [2.24, 2.45) is 7.05 Å². The van der Waals surface area contributed by atoms with Crippen molar-refractivity contribution in [3.8, 4) is 17.0 Å². The molecule has 1 aromatic heterocycles. The number of hydrogen-bond donors (Lipinski definition) is 3. The number of ether oxygens (including phenoxy) is 1. The Kier molecular flexibility index (Phi) is 10.3. The van der Waals surface area contributed by atoms with Crippen LogP contribution in [0.3, 0.4) is 0 Å². The number of benzene rings is 2. The number of carbonyl (C=O) groups is 2. The zero-order chi connectivity index (χ0) is 32.2. The number of halogens is 4. The van der Waals surface area contributed by atoms with Gasteiger partial charge in [0, 0.05) is 30.9 Å². The van der Waals surface area contributed by atoms with Gasteiger partial charge in [0.25, 0.3) is 5.91 Å². The van der Waals surface area contributed by atoms with E-state index in [1.165, 1.54) is 18.2 Å². The Hall–Kier alpha value is -3.61. The number of rotatable bonds is 12. The fourth-order valence-electron chi connectivity index (χ4n) is 4.74. The van der Waals surface area contributed by atoms with E-state index in [1.54, 1.807) is 18.4 Å². The summed E-state index contributed by atoms with van der Waals surface area (Å²) < 4.78 is 45.4. The minimum Gasteiger partial charge on any atom is -0.480 e. The van der Waals surface area contributed by atoms with Crippen LogP contribution in [0.2, 0.25) is 5.02 Å². The molecule has 9 nitrogen and oxygen atoms in total. The smallest absolute Gasteiger partial charge is 0.425 e. The fraction of sp³-hybridized carbons (Fsp3) is 0.452. The highest BCUT2D eigenvalue weighted by Gasteiger charge is 2.38. The first-order chi connectivity index (χ1) is 20.6. The number of likely N-dealkylation sites (tertiary alicyclic amines) is 1. The van der Waals surface area contributed by atoms with E-state index in [1.807, 2.05) is 42.4 Å². The molecule has 44 heavy (non-hydrogen) atoms. The molecule has 0 aliphatic carbocycles. The van der Waals surface area contributed by atoms with Crippen molar-refractivity contribution < 1.29 is 32.6 Å². The first-order valence-electron chi connectivity index (χ1n) is 14.3. The van der Waals surface area contributed by atoms with Crippen LogP contribution in [0.15, 0.2) is 48.7 Å². The summed E-state index contributed by atoms with van der Waals surface area (Å²) in [5.41, 5.74) is 1.47. The molecule has 1 aliphatic rings. The van der Waals surface area contributed by atoms with Crippen molar-refractivity contribution in [1.29, 1.82) is 0 Å². The summed E-state index contributed by atoms with van der Waals surface area (Å²) in [7, 11) is 1.82. The summed E-state index contributed by atoms with van der Waals surface area (Å²) >= 11 is 6.15. The maximum Gasteiger partial charge on any atom is 0.425 e. The van der Waals surface area contributed by atoms with Gasteiger partial charge in [0.15, 0.2) is 6.10 Å². The lowest BCUT2D eigenvalue weighted by atomic mass is 10.0. The van der Waals surface area contributed by atoms with Crippen molar-refractivity contribution in [2.75, 3.05) is 26.2 Å². The number of carbonyl (C=O) groups excluding carboxylic acids is 2. The van der Waals surface area contributed by atoms with Crippen LogP contribution in [0.4, 0.5) is 13.2 Å². The minimum absolute atomic E-state index is 0.132. The second-order valence-electron chi connectivity index (χ2n) is 11.6. The third-order valence-corrected chi connectivity index (χ3v) is 7.61. The van der Waals surface area contributed by atoms with E-state index < -0.39 is 29.8 Å². The first kappa shape index (κ1) is 33.3. The van der Waals surface area contributed by atoms with Gasteiger partial charge in [0.1, 0.15) is 17.2 Å². The normalized spacial score (nSPS) is 15.3. The van der Waals surface area contributed by atoms with E-state index in [9.17, 15) is 27.9 Å². The average Bonchev–Trinajstić information content (AvgIpc) is 3.32. The lowest BCUT2D eigenvalue weighted by Gasteiger charge is -2.30. The number of imidazole rings is 1. The molecule has 3 aromatic rings. The summed E-state index contributed by atoms with van der Waals surface area (Å²) in [6, 6.07) is 10.9. The number of aromatic nitrogens is 2. The molecule has 0 spiro atoms. The van der Waals surface area contributed by atoms with E-state index in [0.29, 0.717) is 17.9 Å². The highest BCUT2D eigenvalue weighted by atomic mass is 35.5. The Bertz CT molecular complexity index is 1470. The summed E-state index contributed by atoms with van der Waals surface area (Å²) in [6.07, 6.45) is -3.37. The molecule has 3 N–H and O–H groups in total. The number of aliphatic hydroxyl groups is 1. The molecule has 0 radical (unpaired) electrons. The van der Waals surface area contributed by atoms with Crippen LogP contribution in [0.5, 0.6) is 5.75 Å². The molecule has 1 saturated heterocycles. The van der Waals surface area contributed by atoms with Crippen molar-refractivity contribution in [3.05, 3.63) is 70.6 Å². The van der Waals surface area contributed by atoms with E-state index >= 15 is 0 Å². The Balaban J connectivity index is 1.47. The maximum absolute atomic E-state index is 13.2. The molecule has 4 rings (SSSR count). The predicted octanol–water partition coefficient (Wildman–Crippen LogP) is 4.46. The number of aryl methyl sites for hydroxylation is 1. The lowest BCUT2D eigenvalue weighted by molar-refractivity contribution is -0.189. The van der Waals surface area contributed by atoms with Crippen LogP contribution < -0.4 is 15.4 Å². The van der Waals surface area contributed by atoms with Gasteiger partial charge in [-0.05, 0) is 70.5 Å². The number of nitrogens with zero attached hydrogens (tertiary/aromatic N) is 3. The zero-order valence-corrected chi connectivity index (χ0v) is 25.8. The SMILES string of the molecule is C[C@@H](Oc1ccc(C(=O)N[C@H](CNC(=O)CN2CCC2)Cc2ccc(-c3cn(C)c(C(C)(C)O)n3)cc2)cc1Cl)C(F)(F)F. The molecule has 0 bridgehead atoms. The topological polar surface area (TPSA) is 109 Å². The monoisotopic (exact) mass is 635 g/mol. The van der Waals surface area contributed by atoms with Crippen molar-refractivity contribution in [3.63, 3.8) is 0 Å². The second kappa shape index (κ2) is 13.6. The van der Waals surface area contributed by atoms with E-state index in [4.69, 9.17) is 16.3 Å². The number of amides is 2. The molecule has 0 unspecified atom stereocenters. The van der Waals surface area contributed by atoms with E-state index in [2.05, 4.69) is 15.6 Å². The highest BCUT2D eigenvalue weighted by Crippen LogP contribution is 2.31. The van der Waals surface area contributed by atoms with Crippen LogP contribution in [0.25, 0.3) is 11.3 Å². The quantitative estimate of drug-likeness (QED) is 0.271. The third kappa shape index (κ3) is 8.73. The predicted molar refractivity (Wildman–Crippen MR) is 161 cm³/mol. The van der Waals surface area contributed by atoms with Crippen LogP contribution >= 0.6 is 11.6 Å². The molecule has 13 heteroatoms. The molecule has 1 aliphatic heterocycles. The molecule has 1 fully saturated rings. The number of hydrogen-bond acceptors (Lipinski definition) is 6. The second-order valence-corrected chi connectivity index (χ2v) is 12.0. The molecule has 2 heterocycles. The van der Waals surface area contributed by atoms with Gasteiger partial charge in [0.05, 0.1) is 23.3 Å². The van der Waals surface area contributed by atoms with Crippen LogP contribution in [-0.4, -0.2) is 75.9 Å². The molecule has 2 atom stereocenters. The van der Waals surface area contributed by atoms with Gasteiger partial charge in [0.2, 0.25) is 5.91 Å². The molecular formula is C31H37ClF3N5O4. The highest BCUT2D eigenvalue weighted by molar-refractivity contribution is 6.32. The average molecular weight is 636 g/mol. The summed E-state index contributed by atoms with van der Waals surface area (Å²) in [5.74, 6) is -0.317. The third-order valence-electron chi connectivity index (χ3n) is 7.31. The Morgan fingerprint density at radius 2 is 1.82 bits per heavy atom. The van der Waals surface area contributed by atoms with Crippen molar-refractivity contribution in [2.45, 2.75) is 57.5 Å². The van der Waals surface area contributed by atoms with Crippen molar-refractivity contribution >= 4 is 23.4 Å². The minimum atomic E-state index is -4.57. The van der Waals surface area contributed by atoms with Gasteiger partial charge < -0.3 is 25.0 Å². The summed E-state index contributed by atoms with van der Waals surface area (Å²) in [6.45, 7) is 6.39. The number of nitrogens with one attached hydrogen (secondary N) is 2. The fourth-order valence-corrected chi connectivity index (χ4v) is 4.97. The van der Waals surface area contributed by atoms with Gasteiger partial charge in [-0.15, -0.1) is 0 Å². The molecule has 2 aromatic carbocycles. The van der Waals surface area contributed by atoms with Gasteiger partial charge >= 0.3 is 6.18 Å². The standard InChI is InChI=1S/C31H37ClF3N5O4/c1-19(31(33,34)35)44-26-11-10-22(15-24(26)32)28(42)37-23(16-36-27(41)18-40-12-5-13-40)14-20-6-8-21(9-7-20)25-17-39(4)29(38-25)30(2,3)43/h6-11,15,17,19,23,43H,5,12-14,16,18H2,1-4H3,(H,36,41)(H,37,42)/t19-,23+/m1/s1. The molecular weight excluding hydrogens is 599 g/mol. The van der Waals surface area contributed by atoms with Crippen LogP contribution in [0.1, 0.15) is 48.9 Å². The largest absolute Gasteiger partial charge is 0.480 e. The van der Waals surface area contributed by atoms with Gasteiger partial charge in [-0.3, -0.25) is 14.5 Å². The summed E-state index contributed by atoms with van der Waals surface area (Å²) in [4.78, 5) is 32.3. The molecule has 238 valence electrons. The Morgan fingerprint density at radius 1 is 1.14 bits per heavy atom. The summed E-state index contributed by atoms with van der Waals surface area (Å²) in [5, 5.41) is 16.0. The molecule has 2 amide bonds. The Labute approximate surface area is 259 Å². The van der Waals surface area contributed by atoms with Gasteiger partial charge in [-0.1, -0.05) is 35.9 Å². The maximum atomic E-state index is 13.2. The van der Waals surface area contributed by atoms with Crippen molar-refractivity contribution in [1.82, 2.24) is 25.1 Å². The molecule has 0 saturated carbocycles. The van der Waals surface area contributed by atoms with Gasteiger partial charge in [-0.25, -0.2) is 4.98 Å². The van der Waals surface area contributed by atoms with Crippen LogP contribution in [-0.2, 0) is 23.9 Å².